The quantitative estimate of drug-likeness (QED) is 0.716. The second kappa shape index (κ2) is 8.81. The van der Waals surface area contributed by atoms with Crippen molar-refractivity contribution < 1.29 is 31.5 Å². The highest BCUT2D eigenvalue weighted by atomic mass is 19.4. The van der Waals surface area contributed by atoms with E-state index in [2.05, 4.69) is 10.1 Å². The van der Waals surface area contributed by atoms with Gasteiger partial charge in [0.2, 0.25) is 5.91 Å². The Labute approximate surface area is 152 Å². The minimum absolute atomic E-state index is 0.0186. The maximum atomic E-state index is 12.5. The van der Waals surface area contributed by atoms with Gasteiger partial charge in [-0.15, -0.1) is 0 Å². The highest BCUT2D eigenvalue weighted by Gasteiger charge is 2.30. The number of likely N-dealkylation sites (N-methyl/N-ethyl adjacent to an activating group) is 1. The summed E-state index contributed by atoms with van der Waals surface area (Å²) in [6, 6.07) is 10.2. The van der Waals surface area contributed by atoms with Gasteiger partial charge in [0.25, 0.3) is 0 Å². The van der Waals surface area contributed by atoms with Crippen molar-refractivity contribution in [2.75, 3.05) is 18.9 Å². The SMILES string of the molecule is CN(CC(=O)Nc1ccc(C(F)(F)F)cc1)Cc1cccc(OC(F)F)c1. The summed E-state index contributed by atoms with van der Waals surface area (Å²) in [7, 11) is 1.65. The lowest BCUT2D eigenvalue weighted by molar-refractivity contribution is -0.137. The van der Waals surface area contributed by atoms with E-state index >= 15 is 0 Å². The van der Waals surface area contributed by atoms with Gasteiger partial charge >= 0.3 is 12.8 Å². The molecule has 0 aliphatic carbocycles. The highest BCUT2D eigenvalue weighted by Crippen LogP contribution is 2.29. The zero-order chi connectivity index (χ0) is 20.0. The van der Waals surface area contributed by atoms with Gasteiger partial charge < -0.3 is 10.1 Å². The summed E-state index contributed by atoms with van der Waals surface area (Å²) < 4.78 is 66.3. The van der Waals surface area contributed by atoms with Crippen LogP contribution >= 0.6 is 0 Å². The lowest BCUT2D eigenvalue weighted by Gasteiger charge is -2.17. The van der Waals surface area contributed by atoms with E-state index in [9.17, 15) is 26.7 Å². The van der Waals surface area contributed by atoms with Gasteiger partial charge in [-0.05, 0) is 49.0 Å². The van der Waals surface area contributed by atoms with Gasteiger partial charge in [0.05, 0.1) is 12.1 Å². The standard InChI is InChI=1S/C18H17F5N2O2/c1-25(10-12-3-2-4-15(9-12)27-17(19)20)11-16(26)24-14-7-5-13(6-8-14)18(21,22)23/h2-9,17H,10-11H2,1H3,(H,24,26). The number of rotatable bonds is 7. The molecular formula is C18H17F5N2O2. The Kier molecular flexibility index (Phi) is 6.73. The van der Waals surface area contributed by atoms with Gasteiger partial charge in [0, 0.05) is 12.2 Å². The molecule has 0 saturated carbocycles. The summed E-state index contributed by atoms with van der Waals surface area (Å²) in [4.78, 5) is 13.6. The Morgan fingerprint density at radius 3 is 2.41 bits per heavy atom. The Bertz CT molecular complexity index is 763. The summed E-state index contributed by atoms with van der Waals surface area (Å²) in [5.74, 6) is -0.401. The molecule has 0 radical (unpaired) electrons. The van der Waals surface area contributed by atoms with E-state index in [4.69, 9.17) is 0 Å². The van der Waals surface area contributed by atoms with E-state index in [0.29, 0.717) is 12.1 Å². The number of benzene rings is 2. The molecule has 0 bridgehead atoms. The summed E-state index contributed by atoms with van der Waals surface area (Å²) in [6.45, 7) is -2.67. The average Bonchev–Trinajstić information content (AvgIpc) is 2.53. The van der Waals surface area contributed by atoms with Crippen molar-refractivity contribution in [2.45, 2.75) is 19.3 Å². The first-order valence-corrected chi connectivity index (χ1v) is 7.83. The van der Waals surface area contributed by atoms with Crippen molar-refractivity contribution in [3.8, 4) is 5.75 Å². The fraction of sp³-hybridized carbons (Fsp3) is 0.278. The van der Waals surface area contributed by atoms with Crippen molar-refractivity contribution in [3.63, 3.8) is 0 Å². The molecule has 0 fully saturated rings. The van der Waals surface area contributed by atoms with Crippen LogP contribution in [0.4, 0.5) is 27.6 Å². The number of nitrogens with one attached hydrogen (secondary N) is 1. The van der Waals surface area contributed by atoms with Crippen LogP contribution in [0.15, 0.2) is 48.5 Å². The molecule has 0 saturated heterocycles. The monoisotopic (exact) mass is 388 g/mol. The first kappa shape index (κ1) is 20.6. The van der Waals surface area contributed by atoms with Crippen molar-refractivity contribution >= 4 is 11.6 Å². The van der Waals surface area contributed by atoms with Gasteiger partial charge in [-0.2, -0.15) is 22.0 Å². The third-order valence-corrected chi connectivity index (χ3v) is 3.49. The number of amides is 1. The molecule has 0 aliphatic rings. The minimum atomic E-state index is -4.44. The van der Waals surface area contributed by atoms with E-state index in [-0.39, 0.29) is 18.0 Å². The highest BCUT2D eigenvalue weighted by molar-refractivity contribution is 5.92. The lowest BCUT2D eigenvalue weighted by atomic mass is 10.2. The Morgan fingerprint density at radius 2 is 1.81 bits per heavy atom. The average molecular weight is 388 g/mol. The Hall–Kier alpha value is -2.68. The molecule has 27 heavy (non-hydrogen) atoms. The van der Waals surface area contributed by atoms with Crippen LogP contribution in [-0.2, 0) is 17.5 Å². The van der Waals surface area contributed by atoms with Crippen molar-refractivity contribution in [2.24, 2.45) is 0 Å². The molecule has 2 rings (SSSR count). The summed E-state index contributed by atoms with van der Waals surface area (Å²) in [5.41, 5.74) is 0.107. The van der Waals surface area contributed by atoms with Gasteiger partial charge in [0.1, 0.15) is 5.75 Å². The molecule has 146 valence electrons. The number of halogens is 5. The molecule has 1 N–H and O–H groups in total. The number of hydrogen-bond acceptors (Lipinski definition) is 3. The second-order valence-electron chi connectivity index (χ2n) is 5.82. The second-order valence-corrected chi connectivity index (χ2v) is 5.82. The first-order valence-electron chi connectivity index (χ1n) is 7.83. The number of alkyl halides is 5. The Morgan fingerprint density at radius 1 is 1.15 bits per heavy atom. The van der Waals surface area contributed by atoms with E-state index < -0.39 is 24.3 Å². The van der Waals surface area contributed by atoms with Crippen LogP contribution in [0, 0.1) is 0 Å². The molecule has 9 heteroatoms. The number of hydrogen-bond donors (Lipinski definition) is 1. The van der Waals surface area contributed by atoms with Gasteiger partial charge in [0.15, 0.2) is 0 Å². The third-order valence-electron chi connectivity index (χ3n) is 3.49. The molecule has 1 amide bonds. The number of anilines is 1. The molecule has 0 aliphatic heterocycles. The lowest BCUT2D eigenvalue weighted by Crippen LogP contribution is -2.29. The normalized spacial score (nSPS) is 11.7. The van der Waals surface area contributed by atoms with Gasteiger partial charge in [-0.25, -0.2) is 0 Å². The zero-order valence-corrected chi connectivity index (χ0v) is 14.3. The van der Waals surface area contributed by atoms with Crippen LogP contribution in [0.25, 0.3) is 0 Å². The minimum Gasteiger partial charge on any atom is -0.435 e. The molecule has 2 aromatic carbocycles. The summed E-state index contributed by atoms with van der Waals surface area (Å²) >= 11 is 0. The smallest absolute Gasteiger partial charge is 0.416 e. The fourth-order valence-electron chi connectivity index (χ4n) is 2.38. The topological polar surface area (TPSA) is 41.6 Å². The molecule has 0 spiro atoms. The summed E-state index contributed by atoms with van der Waals surface area (Å²) in [5, 5.41) is 2.50. The van der Waals surface area contributed by atoms with E-state index in [1.165, 1.54) is 24.3 Å². The van der Waals surface area contributed by atoms with Gasteiger partial charge in [-0.3, -0.25) is 9.69 Å². The van der Waals surface area contributed by atoms with Crippen molar-refractivity contribution in [1.82, 2.24) is 4.90 Å². The zero-order valence-electron chi connectivity index (χ0n) is 14.3. The van der Waals surface area contributed by atoms with Gasteiger partial charge in [-0.1, -0.05) is 12.1 Å². The Balaban J connectivity index is 1.88. The largest absolute Gasteiger partial charge is 0.435 e. The van der Waals surface area contributed by atoms with Crippen LogP contribution in [0.2, 0.25) is 0 Å². The van der Waals surface area contributed by atoms with Crippen LogP contribution in [0.3, 0.4) is 0 Å². The molecule has 0 unspecified atom stereocenters. The molecule has 0 atom stereocenters. The number of carbonyl (C=O) groups is 1. The van der Waals surface area contributed by atoms with Crippen LogP contribution in [0.1, 0.15) is 11.1 Å². The third kappa shape index (κ3) is 6.86. The number of nitrogens with zero attached hydrogens (tertiary/aromatic N) is 1. The maximum Gasteiger partial charge on any atom is 0.416 e. The fourth-order valence-corrected chi connectivity index (χ4v) is 2.38. The summed E-state index contributed by atoms with van der Waals surface area (Å²) in [6.07, 6.45) is -4.44. The molecule has 0 aromatic heterocycles. The van der Waals surface area contributed by atoms with Crippen molar-refractivity contribution in [1.29, 1.82) is 0 Å². The number of carbonyl (C=O) groups excluding carboxylic acids is 1. The maximum absolute atomic E-state index is 12.5. The predicted molar refractivity (Wildman–Crippen MR) is 89.5 cm³/mol. The molecular weight excluding hydrogens is 371 g/mol. The van der Waals surface area contributed by atoms with Crippen molar-refractivity contribution in [3.05, 3.63) is 59.7 Å². The van der Waals surface area contributed by atoms with E-state index in [1.807, 2.05) is 0 Å². The van der Waals surface area contributed by atoms with Crippen LogP contribution in [0.5, 0.6) is 5.75 Å². The predicted octanol–water partition coefficient (Wildman–Crippen LogP) is 4.38. The first-order chi connectivity index (χ1) is 12.6. The molecule has 2 aromatic rings. The molecule has 4 nitrogen and oxygen atoms in total. The van der Waals surface area contributed by atoms with Crippen LogP contribution in [-0.4, -0.2) is 31.0 Å². The van der Waals surface area contributed by atoms with E-state index in [1.54, 1.807) is 24.1 Å². The van der Waals surface area contributed by atoms with E-state index in [0.717, 1.165) is 12.1 Å². The number of ether oxygens (including phenoxy) is 1. The molecule has 0 heterocycles. The van der Waals surface area contributed by atoms with Crippen LogP contribution < -0.4 is 10.1 Å².